The molecule has 0 aliphatic heterocycles. The number of guanidine groups is 1. The van der Waals surface area contributed by atoms with Crippen molar-refractivity contribution in [3.63, 3.8) is 0 Å². The molecule has 0 radical (unpaired) electrons. The van der Waals surface area contributed by atoms with Crippen LogP contribution in [0.25, 0.3) is 0 Å². The SMILES string of the molecule is CN=C(NCCCc1ccc(Cl)cc1)NCCc1cccc(C(=O)NC)c1. The third-order valence-electron chi connectivity index (χ3n) is 4.19. The van der Waals surface area contributed by atoms with Gasteiger partial charge in [-0.15, -0.1) is 0 Å². The minimum Gasteiger partial charge on any atom is -0.356 e. The van der Waals surface area contributed by atoms with Crippen LogP contribution in [0, 0.1) is 0 Å². The molecule has 6 heteroatoms. The second-order valence-corrected chi connectivity index (χ2v) is 6.62. The molecule has 2 rings (SSSR count). The molecule has 2 aromatic rings. The first-order valence-corrected chi connectivity index (χ1v) is 9.50. The molecule has 0 bridgehead atoms. The molecule has 0 unspecified atom stereocenters. The van der Waals surface area contributed by atoms with E-state index in [1.54, 1.807) is 14.1 Å². The molecule has 0 aromatic heterocycles. The average molecular weight is 387 g/mol. The van der Waals surface area contributed by atoms with Crippen LogP contribution in [-0.4, -0.2) is 39.1 Å². The van der Waals surface area contributed by atoms with Gasteiger partial charge in [0.25, 0.3) is 5.91 Å². The number of aliphatic imine (C=N–C) groups is 1. The van der Waals surface area contributed by atoms with Crippen molar-refractivity contribution in [1.29, 1.82) is 0 Å². The van der Waals surface area contributed by atoms with E-state index in [0.29, 0.717) is 5.56 Å². The fourth-order valence-corrected chi connectivity index (χ4v) is 2.83. The molecule has 0 heterocycles. The molecule has 27 heavy (non-hydrogen) atoms. The van der Waals surface area contributed by atoms with Crippen LogP contribution in [-0.2, 0) is 12.8 Å². The van der Waals surface area contributed by atoms with Crippen molar-refractivity contribution < 1.29 is 4.79 Å². The maximum Gasteiger partial charge on any atom is 0.251 e. The van der Waals surface area contributed by atoms with Crippen LogP contribution in [0.1, 0.15) is 27.9 Å². The highest BCUT2D eigenvalue weighted by Gasteiger charge is 2.04. The number of halogens is 1. The second-order valence-electron chi connectivity index (χ2n) is 6.19. The summed E-state index contributed by atoms with van der Waals surface area (Å²) in [6.07, 6.45) is 2.82. The van der Waals surface area contributed by atoms with Gasteiger partial charge in [0, 0.05) is 37.8 Å². The highest BCUT2D eigenvalue weighted by molar-refractivity contribution is 6.30. The van der Waals surface area contributed by atoms with Gasteiger partial charge in [-0.3, -0.25) is 9.79 Å². The molecule has 0 fully saturated rings. The minimum atomic E-state index is -0.0667. The van der Waals surface area contributed by atoms with Gasteiger partial charge in [0.1, 0.15) is 0 Å². The third kappa shape index (κ3) is 7.31. The van der Waals surface area contributed by atoms with E-state index >= 15 is 0 Å². The van der Waals surface area contributed by atoms with Crippen molar-refractivity contribution in [2.24, 2.45) is 4.99 Å². The van der Waals surface area contributed by atoms with E-state index in [9.17, 15) is 4.79 Å². The Morgan fingerprint density at radius 1 is 1.00 bits per heavy atom. The molecule has 144 valence electrons. The Bertz CT molecular complexity index is 759. The number of rotatable bonds is 8. The van der Waals surface area contributed by atoms with E-state index in [0.717, 1.165) is 48.9 Å². The lowest BCUT2D eigenvalue weighted by atomic mass is 10.1. The normalized spacial score (nSPS) is 11.1. The summed E-state index contributed by atoms with van der Waals surface area (Å²) < 4.78 is 0. The van der Waals surface area contributed by atoms with Crippen molar-refractivity contribution in [1.82, 2.24) is 16.0 Å². The maximum atomic E-state index is 11.7. The summed E-state index contributed by atoms with van der Waals surface area (Å²) >= 11 is 5.90. The molecule has 1 amide bonds. The number of benzene rings is 2. The standard InChI is InChI=1S/C21H27ClN4O/c1-23-20(27)18-7-3-5-17(15-18)12-14-26-21(24-2)25-13-4-6-16-8-10-19(22)11-9-16/h3,5,7-11,15H,4,6,12-14H2,1-2H3,(H,23,27)(H2,24,25,26). The van der Waals surface area contributed by atoms with Gasteiger partial charge in [-0.25, -0.2) is 0 Å². The maximum absolute atomic E-state index is 11.7. The van der Waals surface area contributed by atoms with Gasteiger partial charge >= 0.3 is 0 Å². The Hall–Kier alpha value is -2.53. The summed E-state index contributed by atoms with van der Waals surface area (Å²) in [5.41, 5.74) is 3.07. The quantitative estimate of drug-likeness (QED) is 0.371. The van der Waals surface area contributed by atoms with Crippen molar-refractivity contribution in [2.45, 2.75) is 19.3 Å². The molecule has 0 atom stereocenters. The topological polar surface area (TPSA) is 65.5 Å². The minimum absolute atomic E-state index is 0.0667. The molecule has 2 aromatic carbocycles. The van der Waals surface area contributed by atoms with Gasteiger partial charge < -0.3 is 16.0 Å². The number of aryl methyl sites for hydroxylation is 1. The molecular weight excluding hydrogens is 360 g/mol. The molecule has 0 spiro atoms. The lowest BCUT2D eigenvalue weighted by Crippen LogP contribution is -2.38. The Morgan fingerprint density at radius 2 is 1.74 bits per heavy atom. The Morgan fingerprint density at radius 3 is 2.44 bits per heavy atom. The van der Waals surface area contributed by atoms with Crippen molar-refractivity contribution in [3.8, 4) is 0 Å². The van der Waals surface area contributed by atoms with Crippen LogP contribution in [0.2, 0.25) is 5.02 Å². The van der Waals surface area contributed by atoms with Crippen LogP contribution >= 0.6 is 11.6 Å². The monoisotopic (exact) mass is 386 g/mol. The zero-order valence-electron chi connectivity index (χ0n) is 15.9. The molecule has 5 nitrogen and oxygen atoms in total. The van der Waals surface area contributed by atoms with Crippen LogP contribution in [0.4, 0.5) is 0 Å². The number of carbonyl (C=O) groups excluding carboxylic acids is 1. The fourth-order valence-electron chi connectivity index (χ4n) is 2.71. The molecule has 0 aliphatic carbocycles. The van der Waals surface area contributed by atoms with E-state index in [-0.39, 0.29) is 5.91 Å². The zero-order valence-corrected chi connectivity index (χ0v) is 16.6. The molecule has 3 N–H and O–H groups in total. The van der Waals surface area contributed by atoms with Crippen LogP contribution in [0.15, 0.2) is 53.5 Å². The average Bonchev–Trinajstić information content (AvgIpc) is 2.70. The highest BCUT2D eigenvalue weighted by Crippen LogP contribution is 2.10. The van der Waals surface area contributed by atoms with Gasteiger partial charge in [0.2, 0.25) is 0 Å². The summed E-state index contributed by atoms with van der Waals surface area (Å²) in [7, 11) is 3.40. The summed E-state index contributed by atoms with van der Waals surface area (Å²) in [6, 6.07) is 15.6. The van der Waals surface area contributed by atoms with Crippen LogP contribution in [0.5, 0.6) is 0 Å². The smallest absolute Gasteiger partial charge is 0.251 e. The molecule has 0 saturated carbocycles. The van der Waals surface area contributed by atoms with E-state index in [2.05, 4.69) is 33.1 Å². The molecule has 0 saturated heterocycles. The summed E-state index contributed by atoms with van der Waals surface area (Å²) in [5, 5.41) is 10.0. The van der Waals surface area contributed by atoms with Gasteiger partial charge in [-0.2, -0.15) is 0 Å². The summed E-state index contributed by atoms with van der Waals surface area (Å²) in [4.78, 5) is 15.9. The van der Waals surface area contributed by atoms with Gasteiger partial charge in [-0.05, 0) is 54.7 Å². The first-order valence-electron chi connectivity index (χ1n) is 9.12. The predicted molar refractivity (Wildman–Crippen MR) is 113 cm³/mol. The number of carbonyl (C=O) groups is 1. The Labute approximate surface area is 166 Å². The third-order valence-corrected chi connectivity index (χ3v) is 4.45. The number of hydrogen-bond acceptors (Lipinski definition) is 2. The van der Waals surface area contributed by atoms with E-state index in [1.165, 1.54) is 5.56 Å². The van der Waals surface area contributed by atoms with Gasteiger partial charge in [0.05, 0.1) is 0 Å². The fraction of sp³-hybridized carbons (Fsp3) is 0.333. The van der Waals surface area contributed by atoms with E-state index < -0.39 is 0 Å². The van der Waals surface area contributed by atoms with E-state index in [1.807, 2.05) is 36.4 Å². The number of nitrogens with one attached hydrogen (secondary N) is 3. The zero-order chi connectivity index (χ0) is 19.5. The number of hydrogen-bond donors (Lipinski definition) is 3. The molecular formula is C21H27ClN4O. The predicted octanol–water partition coefficient (Wildman–Crippen LogP) is 3.04. The highest BCUT2D eigenvalue weighted by atomic mass is 35.5. The van der Waals surface area contributed by atoms with Crippen molar-refractivity contribution in [3.05, 3.63) is 70.2 Å². The van der Waals surface area contributed by atoms with Gasteiger partial charge in [-0.1, -0.05) is 35.9 Å². The lowest BCUT2D eigenvalue weighted by molar-refractivity contribution is 0.0963. The first-order chi connectivity index (χ1) is 13.1. The van der Waals surface area contributed by atoms with Crippen molar-refractivity contribution >= 4 is 23.5 Å². The second kappa shape index (κ2) is 11.2. The Kier molecular flexibility index (Phi) is 8.65. The Balaban J connectivity index is 1.69. The van der Waals surface area contributed by atoms with Crippen molar-refractivity contribution in [2.75, 3.05) is 27.2 Å². The van der Waals surface area contributed by atoms with Gasteiger partial charge in [0.15, 0.2) is 5.96 Å². The first kappa shape index (κ1) is 20.8. The van der Waals surface area contributed by atoms with Crippen LogP contribution < -0.4 is 16.0 Å². The van der Waals surface area contributed by atoms with Crippen LogP contribution in [0.3, 0.4) is 0 Å². The largest absolute Gasteiger partial charge is 0.356 e. The summed E-state index contributed by atoms with van der Waals surface area (Å²) in [6.45, 7) is 1.59. The number of amides is 1. The number of nitrogens with zero attached hydrogens (tertiary/aromatic N) is 1. The lowest BCUT2D eigenvalue weighted by Gasteiger charge is -2.12. The molecule has 0 aliphatic rings. The van der Waals surface area contributed by atoms with E-state index in [4.69, 9.17) is 11.6 Å². The summed E-state index contributed by atoms with van der Waals surface area (Å²) in [5.74, 6) is 0.719.